The van der Waals surface area contributed by atoms with E-state index >= 15 is 0 Å². The molecule has 0 fully saturated rings. The summed E-state index contributed by atoms with van der Waals surface area (Å²) in [6.07, 6.45) is 0. The Labute approximate surface area is 87.4 Å². The molecule has 4 heteroatoms. The summed E-state index contributed by atoms with van der Waals surface area (Å²) in [4.78, 5) is 11.0. The fourth-order valence-electron chi connectivity index (χ4n) is 0.832. The molecule has 0 heterocycles. The highest BCUT2D eigenvalue weighted by Crippen LogP contribution is 2.27. The zero-order chi connectivity index (χ0) is 9.30. The number of carbonyl (C=O) groups excluding carboxylic acids is 1. The minimum atomic E-state index is 0.0163. The van der Waals surface area contributed by atoms with Crippen LogP contribution in [0, 0.1) is 0 Å². The molecule has 1 aromatic rings. The molecular formula is C8H7Br2NO. The lowest BCUT2D eigenvalue weighted by atomic mass is 10.1. The molecule has 0 radical (unpaired) electrons. The minimum absolute atomic E-state index is 0.0163. The number of carbonyl (C=O) groups is 1. The van der Waals surface area contributed by atoms with Crippen LogP contribution in [0.1, 0.15) is 17.3 Å². The first kappa shape index (κ1) is 9.74. The van der Waals surface area contributed by atoms with Crippen LogP contribution < -0.4 is 5.73 Å². The van der Waals surface area contributed by atoms with Crippen LogP contribution in [-0.2, 0) is 0 Å². The van der Waals surface area contributed by atoms with Gasteiger partial charge in [-0.25, -0.2) is 0 Å². The highest BCUT2D eigenvalue weighted by molar-refractivity contribution is 9.11. The van der Waals surface area contributed by atoms with Gasteiger partial charge in [-0.05, 0) is 50.9 Å². The van der Waals surface area contributed by atoms with Crippen molar-refractivity contribution in [3.05, 3.63) is 26.6 Å². The summed E-state index contributed by atoms with van der Waals surface area (Å²) >= 11 is 6.51. The van der Waals surface area contributed by atoms with E-state index in [0.29, 0.717) is 11.3 Å². The molecule has 0 aliphatic rings. The highest BCUT2D eigenvalue weighted by Gasteiger charge is 2.07. The largest absolute Gasteiger partial charge is 0.398 e. The Kier molecular flexibility index (Phi) is 2.90. The van der Waals surface area contributed by atoms with Crippen LogP contribution in [0.4, 0.5) is 5.69 Å². The monoisotopic (exact) mass is 291 g/mol. The first-order valence-electron chi connectivity index (χ1n) is 3.28. The van der Waals surface area contributed by atoms with E-state index in [1.807, 2.05) is 0 Å². The second-order valence-electron chi connectivity index (χ2n) is 2.41. The second-order valence-corrected chi connectivity index (χ2v) is 4.12. The van der Waals surface area contributed by atoms with Crippen LogP contribution in [0.5, 0.6) is 0 Å². The van der Waals surface area contributed by atoms with Gasteiger partial charge in [0.1, 0.15) is 0 Å². The topological polar surface area (TPSA) is 43.1 Å². The summed E-state index contributed by atoms with van der Waals surface area (Å²) in [5.74, 6) is 0.0163. The van der Waals surface area contributed by atoms with Crippen molar-refractivity contribution in [1.82, 2.24) is 0 Å². The summed E-state index contributed by atoms with van der Waals surface area (Å²) in [5, 5.41) is 0. The molecule has 0 amide bonds. The number of halogens is 2. The number of benzene rings is 1. The van der Waals surface area contributed by atoms with Gasteiger partial charge in [-0.2, -0.15) is 0 Å². The SMILES string of the molecule is CC(=O)c1cc(Br)c(N)cc1Br. The predicted molar refractivity (Wildman–Crippen MR) is 56.3 cm³/mol. The third kappa shape index (κ3) is 1.87. The minimum Gasteiger partial charge on any atom is -0.398 e. The predicted octanol–water partition coefficient (Wildman–Crippen LogP) is 3.00. The summed E-state index contributed by atoms with van der Waals surface area (Å²) < 4.78 is 1.48. The standard InChI is InChI=1S/C8H7Br2NO/c1-4(12)5-2-7(10)8(11)3-6(5)9/h2-3H,11H2,1H3. The molecule has 12 heavy (non-hydrogen) atoms. The lowest BCUT2D eigenvalue weighted by Gasteiger charge is -2.03. The van der Waals surface area contributed by atoms with Crippen molar-refractivity contribution >= 4 is 43.3 Å². The molecule has 0 unspecified atom stereocenters. The molecule has 0 bridgehead atoms. The van der Waals surface area contributed by atoms with Gasteiger partial charge in [-0.1, -0.05) is 0 Å². The third-order valence-electron chi connectivity index (χ3n) is 1.47. The van der Waals surface area contributed by atoms with Gasteiger partial charge in [-0.15, -0.1) is 0 Å². The van der Waals surface area contributed by atoms with Gasteiger partial charge in [0.2, 0.25) is 0 Å². The lowest BCUT2D eigenvalue weighted by molar-refractivity contribution is 0.101. The molecule has 0 saturated heterocycles. The van der Waals surface area contributed by atoms with Gasteiger partial charge in [0.25, 0.3) is 0 Å². The summed E-state index contributed by atoms with van der Waals surface area (Å²) in [6, 6.07) is 3.42. The summed E-state index contributed by atoms with van der Waals surface area (Å²) in [5.41, 5.74) is 6.85. The fourth-order valence-corrected chi connectivity index (χ4v) is 1.82. The maximum Gasteiger partial charge on any atom is 0.160 e. The number of nitrogen functional groups attached to an aromatic ring is 1. The van der Waals surface area contributed by atoms with Crippen LogP contribution in [0.25, 0.3) is 0 Å². The van der Waals surface area contributed by atoms with Gasteiger partial charge in [0, 0.05) is 20.2 Å². The molecule has 1 rings (SSSR count). The van der Waals surface area contributed by atoms with E-state index in [1.165, 1.54) is 6.92 Å². The average Bonchev–Trinajstić information content (AvgIpc) is 1.96. The number of Topliss-reactive ketones (excluding diaryl/α,β-unsaturated/α-hetero) is 1. The van der Waals surface area contributed by atoms with Gasteiger partial charge in [-0.3, -0.25) is 4.79 Å². The van der Waals surface area contributed by atoms with Crippen molar-refractivity contribution in [2.24, 2.45) is 0 Å². The van der Waals surface area contributed by atoms with Gasteiger partial charge < -0.3 is 5.73 Å². The molecule has 2 N–H and O–H groups in total. The van der Waals surface area contributed by atoms with Crippen LogP contribution in [0.15, 0.2) is 21.1 Å². The Hall–Kier alpha value is -0.350. The number of ketones is 1. The van der Waals surface area contributed by atoms with Crippen molar-refractivity contribution in [2.75, 3.05) is 5.73 Å². The normalized spacial score (nSPS) is 9.92. The van der Waals surface area contributed by atoms with E-state index in [1.54, 1.807) is 12.1 Å². The molecule has 1 aromatic carbocycles. The zero-order valence-corrected chi connectivity index (χ0v) is 9.57. The first-order valence-corrected chi connectivity index (χ1v) is 4.86. The Balaban J connectivity index is 3.33. The van der Waals surface area contributed by atoms with E-state index in [9.17, 15) is 4.79 Å². The van der Waals surface area contributed by atoms with Crippen LogP contribution in [0.3, 0.4) is 0 Å². The zero-order valence-electron chi connectivity index (χ0n) is 6.40. The summed E-state index contributed by atoms with van der Waals surface area (Å²) in [6.45, 7) is 1.52. The number of nitrogens with two attached hydrogens (primary N) is 1. The quantitative estimate of drug-likeness (QED) is 0.639. The third-order valence-corrected chi connectivity index (χ3v) is 2.81. The van der Waals surface area contributed by atoms with Gasteiger partial charge in [0.05, 0.1) is 0 Å². The molecule has 0 aliphatic heterocycles. The van der Waals surface area contributed by atoms with E-state index in [-0.39, 0.29) is 5.78 Å². The van der Waals surface area contributed by atoms with Crippen molar-refractivity contribution in [1.29, 1.82) is 0 Å². The lowest BCUT2D eigenvalue weighted by Crippen LogP contribution is -1.96. The molecule has 0 aliphatic carbocycles. The number of hydrogen-bond acceptors (Lipinski definition) is 2. The smallest absolute Gasteiger partial charge is 0.160 e. The number of hydrogen-bond donors (Lipinski definition) is 1. The molecule has 64 valence electrons. The number of anilines is 1. The Morgan fingerprint density at radius 1 is 1.33 bits per heavy atom. The fraction of sp³-hybridized carbons (Fsp3) is 0.125. The highest BCUT2D eigenvalue weighted by atomic mass is 79.9. The first-order chi connectivity index (χ1) is 5.52. The van der Waals surface area contributed by atoms with Crippen LogP contribution in [-0.4, -0.2) is 5.78 Å². The van der Waals surface area contributed by atoms with Crippen molar-refractivity contribution in [3.63, 3.8) is 0 Å². The van der Waals surface area contributed by atoms with Gasteiger partial charge in [0.15, 0.2) is 5.78 Å². The van der Waals surface area contributed by atoms with E-state index in [4.69, 9.17) is 5.73 Å². The van der Waals surface area contributed by atoms with Crippen LogP contribution in [0.2, 0.25) is 0 Å². The molecule has 0 spiro atoms. The van der Waals surface area contributed by atoms with Crippen molar-refractivity contribution < 1.29 is 4.79 Å². The van der Waals surface area contributed by atoms with Crippen molar-refractivity contribution in [2.45, 2.75) is 6.92 Å². The van der Waals surface area contributed by atoms with E-state index in [2.05, 4.69) is 31.9 Å². The van der Waals surface area contributed by atoms with Crippen molar-refractivity contribution in [3.8, 4) is 0 Å². The molecular weight excluding hydrogens is 286 g/mol. The molecule has 0 saturated carbocycles. The summed E-state index contributed by atoms with van der Waals surface area (Å²) in [7, 11) is 0. The molecule has 2 nitrogen and oxygen atoms in total. The molecule has 0 aromatic heterocycles. The molecule has 0 atom stereocenters. The Bertz CT molecular complexity index is 336. The second kappa shape index (κ2) is 3.58. The average molecular weight is 293 g/mol. The maximum absolute atomic E-state index is 11.0. The van der Waals surface area contributed by atoms with Crippen LogP contribution >= 0.6 is 31.9 Å². The Morgan fingerprint density at radius 2 is 1.92 bits per heavy atom. The Morgan fingerprint density at radius 3 is 2.42 bits per heavy atom. The van der Waals surface area contributed by atoms with E-state index in [0.717, 1.165) is 8.95 Å². The van der Waals surface area contributed by atoms with E-state index < -0.39 is 0 Å². The maximum atomic E-state index is 11.0. The number of rotatable bonds is 1. The van der Waals surface area contributed by atoms with Gasteiger partial charge >= 0.3 is 0 Å².